The lowest BCUT2D eigenvalue weighted by molar-refractivity contribution is -0.148. The molecule has 114 valence electrons. The van der Waals surface area contributed by atoms with Crippen LogP contribution in [0.2, 0.25) is 0 Å². The van der Waals surface area contributed by atoms with Crippen molar-refractivity contribution in [1.29, 1.82) is 0 Å². The molecular formula is C15H24O3S2. The van der Waals surface area contributed by atoms with E-state index in [1.807, 2.05) is 27.7 Å². The van der Waals surface area contributed by atoms with Gasteiger partial charge in [-0.3, -0.25) is 0 Å². The molecule has 0 amide bonds. The molecule has 0 aromatic carbocycles. The maximum absolute atomic E-state index is 12.7. The summed E-state index contributed by atoms with van der Waals surface area (Å²) in [5, 5.41) is 0. The molecule has 0 aromatic heterocycles. The Morgan fingerprint density at radius 2 is 2.20 bits per heavy atom. The molecule has 0 saturated carbocycles. The van der Waals surface area contributed by atoms with Crippen molar-refractivity contribution in [3.63, 3.8) is 0 Å². The lowest BCUT2D eigenvalue weighted by Crippen LogP contribution is -2.45. The van der Waals surface area contributed by atoms with Crippen molar-refractivity contribution in [3.8, 4) is 0 Å². The first-order valence-electron chi connectivity index (χ1n) is 6.97. The molecule has 0 aliphatic carbocycles. The number of hydrogen-bond acceptors (Lipinski definition) is 5. The molecule has 2 atom stereocenters. The molecule has 0 saturated heterocycles. The standard InChI is InChI=1S/C15H24O3S2/c1-6-19-15(14(17)18-10(2)3)13(7-8-16)12(5)11(4)9-20-15/h8,10,13H,6-7,9H2,1-5H3/t13-,15+/m1/s1. The van der Waals surface area contributed by atoms with Gasteiger partial charge in [-0.25, -0.2) is 4.79 Å². The van der Waals surface area contributed by atoms with E-state index in [2.05, 4.69) is 6.92 Å². The molecule has 0 bridgehead atoms. The van der Waals surface area contributed by atoms with Crippen LogP contribution in [0.5, 0.6) is 0 Å². The highest BCUT2D eigenvalue weighted by molar-refractivity contribution is 8.19. The number of carbonyl (C=O) groups excluding carboxylic acids is 2. The van der Waals surface area contributed by atoms with Crippen molar-refractivity contribution in [3.05, 3.63) is 11.1 Å². The summed E-state index contributed by atoms with van der Waals surface area (Å²) in [6, 6.07) is 0. The van der Waals surface area contributed by atoms with Crippen molar-refractivity contribution in [2.75, 3.05) is 11.5 Å². The van der Waals surface area contributed by atoms with Crippen LogP contribution in [-0.2, 0) is 14.3 Å². The van der Waals surface area contributed by atoms with Crippen LogP contribution >= 0.6 is 23.5 Å². The lowest BCUT2D eigenvalue weighted by Gasteiger charge is -2.41. The Bertz CT molecular complexity index is 404. The summed E-state index contributed by atoms with van der Waals surface area (Å²) in [7, 11) is 0. The van der Waals surface area contributed by atoms with Crippen molar-refractivity contribution < 1.29 is 14.3 Å². The molecule has 1 rings (SSSR count). The van der Waals surface area contributed by atoms with E-state index in [0.717, 1.165) is 23.4 Å². The maximum Gasteiger partial charge on any atom is 0.333 e. The summed E-state index contributed by atoms with van der Waals surface area (Å²) < 4.78 is 4.81. The van der Waals surface area contributed by atoms with E-state index in [1.165, 1.54) is 5.57 Å². The maximum atomic E-state index is 12.7. The Morgan fingerprint density at radius 1 is 1.55 bits per heavy atom. The average molecular weight is 316 g/mol. The topological polar surface area (TPSA) is 43.4 Å². The first-order valence-corrected chi connectivity index (χ1v) is 8.95. The zero-order valence-electron chi connectivity index (χ0n) is 12.9. The summed E-state index contributed by atoms with van der Waals surface area (Å²) in [6.07, 6.45) is 1.15. The van der Waals surface area contributed by atoms with Crippen molar-refractivity contribution in [2.45, 2.75) is 51.2 Å². The molecule has 3 nitrogen and oxygen atoms in total. The minimum absolute atomic E-state index is 0.0741. The third-order valence-corrected chi connectivity index (χ3v) is 6.81. The van der Waals surface area contributed by atoms with Gasteiger partial charge in [-0.05, 0) is 33.4 Å². The van der Waals surface area contributed by atoms with Crippen LogP contribution < -0.4 is 0 Å². The fourth-order valence-electron chi connectivity index (χ4n) is 2.35. The molecule has 0 unspecified atom stereocenters. The van der Waals surface area contributed by atoms with E-state index in [1.54, 1.807) is 23.5 Å². The van der Waals surface area contributed by atoms with Gasteiger partial charge in [0.25, 0.3) is 0 Å². The SMILES string of the molecule is CCS[C@]1(C(=O)OC(C)C)SCC(C)=C(C)[C@H]1CC=O. The monoisotopic (exact) mass is 316 g/mol. The van der Waals surface area contributed by atoms with Crippen LogP contribution in [0.25, 0.3) is 0 Å². The quantitative estimate of drug-likeness (QED) is 0.425. The molecule has 20 heavy (non-hydrogen) atoms. The summed E-state index contributed by atoms with van der Waals surface area (Å²) in [5.74, 6) is 1.38. The predicted molar refractivity (Wildman–Crippen MR) is 87.1 cm³/mol. The van der Waals surface area contributed by atoms with E-state index >= 15 is 0 Å². The zero-order valence-corrected chi connectivity index (χ0v) is 14.5. The van der Waals surface area contributed by atoms with Crippen LogP contribution in [0.3, 0.4) is 0 Å². The molecular weight excluding hydrogens is 292 g/mol. The molecule has 0 N–H and O–H groups in total. The van der Waals surface area contributed by atoms with Gasteiger partial charge >= 0.3 is 5.97 Å². The van der Waals surface area contributed by atoms with Crippen LogP contribution in [0.1, 0.15) is 41.0 Å². The fourth-order valence-corrected chi connectivity index (χ4v) is 5.58. The van der Waals surface area contributed by atoms with Gasteiger partial charge in [-0.1, -0.05) is 18.1 Å². The Hall–Kier alpha value is -0.420. The number of rotatable bonds is 6. The summed E-state index contributed by atoms with van der Waals surface area (Å²) in [4.78, 5) is 23.7. The van der Waals surface area contributed by atoms with E-state index in [9.17, 15) is 9.59 Å². The molecule has 0 aromatic rings. The van der Waals surface area contributed by atoms with Gasteiger partial charge < -0.3 is 9.53 Å². The fraction of sp³-hybridized carbons (Fsp3) is 0.733. The second kappa shape index (κ2) is 7.55. The number of carbonyl (C=O) groups is 2. The van der Waals surface area contributed by atoms with Gasteiger partial charge in [-0.2, -0.15) is 0 Å². The lowest BCUT2D eigenvalue weighted by atomic mass is 9.89. The van der Waals surface area contributed by atoms with Crippen LogP contribution in [0, 0.1) is 5.92 Å². The first-order chi connectivity index (χ1) is 9.39. The highest BCUT2D eigenvalue weighted by Gasteiger charge is 2.50. The smallest absolute Gasteiger partial charge is 0.333 e. The summed E-state index contributed by atoms with van der Waals surface area (Å²) >= 11 is 3.22. The zero-order chi connectivity index (χ0) is 15.3. The Labute approximate surface area is 130 Å². The highest BCUT2D eigenvalue weighted by Crippen LogP contribution is 2.52. The Balaban J connectivity index is 3.20. The molecule has 5 heteroatoms. The van der Waals surface area contributed by atoms with E-state index in [0.29, 0.717) is 6.42 Å². The number of thioether (sulfide) groups is 2. The Kier molecular flexibility index (Phi) is 6.65. The molecule has 1 heterocycles. The second-order valence-electron chi connectivity index (χ2n) is 5.26. The van der Waals surface area contributed by atoms with E-state index < -0.39 is 4.08 Å². The summed E-state index contributed by atoms with van der Waals surface area (Å²) in [5.41, 5.74) is 2.43. The molecule has 1 aliphatic heterocycles. The molecule has 1 aliphatic rings. The average Bonchev–Trinajstić information content (AvgIpc) is 2.37. The van der Waals surface area contributed by atoms with Gasteiger partial charge in [0.05, 0.1) is 6.10 Å². The number of aldehydes is 1. The molecule has 0 spiro atoms. The van der Waals surface area contributed by atoms with Crippen molar-refractivity contribution in [2.24, 2.45) is 5.92 Å². The molecule has 0 radical (unpaired) electrons. The molecule has 0 fully saturated rings. The first kappa shape index (κ1) is 17.6. The van der Waals surface area contributed by atoms with Crippen molar-refractivity contribution in [1.82, 2.24) is 0 Å². The minimum atomic E-state index is -0.677. The number of allylic oxidation sites excluding steroid dienone is 1. The van der Waals surface area contributed by atoms with E-state index in [4.69, 9.17) is 4.74 Å². The number of esters is 1. The van der Waals surface area contributed by atoms with Gasteiger partial charge in [0.15, 0.2) is 4.08 Å². The van der Waals surface area contributed by atoms with Gasteiger partial charge in [0.1, 0.15) is 6.29 Å². The normalized spacial score (nSPS) is 26.8. The third kappa shape index (κ3) is 3.61. The largest absolute Gasteiger partial charge is 0.461 e. The van der Waals surface area contributed by atoms with Gasteiger partial charge in [0, 0.05) is 18.1 Å². The van der Waals surface area contributed by atoms with E-state index in [-0.39, 0.29) is 18.0 Å². The minimum Gasteiger partial charge on any atom is -0.461 e. The summed E-state index contributed by atoms with van der Waals surface area (Å²) in [6.45, 7) is 9.87. The van der Waals surface area contributed by atoms with Crippen LogP contribution in [0.4, 0.5) is 0 Å². The third-order valence-electron chi connectivity index (χ3n) is 3.48. The Morgan fingerprint density at radius 3 is 2.70 bits per heavy atom. The highest BCUT2D eigenvalue weighted by atomic mass is 32.2. The van der Waals surface area contributed by atoms with Crippen LogP contribution in [-0.4, -0.2) is 33.9 Å². The number of hydrogen-bond donors (Lipinski definition) is 0. The van der Waals surface area contributed by atoms with Crippen molar-refractivity contribution >= 4 is 35.8 Å². The second-order valence-corrected chi connectivity index (χ2v) is 8.25. The predicted octanol–water partition coefficient (Wildman–Crippen LogP) is 3.68. The van der Waals surface area contributed by atoms with Crippen LogP contribution in [0.15, 0.2) is 11.1 Å². The van der Waals surface area contributed by atoms with Gasteiger partial charge in [0.2, 0.25) is 0 Å². The number of ether oxygens (including phenoxy) is 1. The van der Waals surface area contributed by atoms with Gasteiger partial charge in [-0.15, -0.1) is 23.5 Å².